The molecule has 1 N–H and O–H groups in total. The van der Waals surface area contributed by atoms with Crippen LogP contribution in [0.4, 0.5) is 0 Å². The molecule has 0 aromatic heterocycles. The molecule has 0 saturated heterocycles. The summed E-state index contributed by atoms with van der Waals surface area (Å²) in [5.41, 5.74) is 1.77. The molecule has 0 aliphatic carbocycles. The topological polar surface area (TPSA) is 55.8 Å². The van der Waals surface area contributed by atoms with Crippen molar-refractivity contribution in [3.05, 3.63) is 28.5 Å². The summed E-state index contributed by atoms with van der Waals surface area (Å²) in [5.74, 6) is 1.08. The number of ether oxygens (including phenoxy) is 2. The zero-order valence-corrected chi connectivity index (χ0v) is 9.11. The van der Waals surface area contributed by atoms with Crippen LogP contribution in [0.3, 0.4) is 0 Å². The predicted octanol–water partition coefficient (Wildman–Crippen LogP) is 2.10. The second kappa shape index (κ2) is 3.89. The van der Waals surface area contributed by atoms with E-state index in [1.807, 2.05) is 6.92 Å². The maximum Gasteiger partial charge on any atom is 0.157 e. The molecule has 4 nitrogen and oxygen atoms in total. The Balaban J connectivity index is 2.70. The van der Waals surface area contributed by atoms with Crippen LogP contribution >= 0.6 is 0 Å². The van der Waals surface area contributed by atoms with Crippen molar-refractivity contribution in [3.8, 4) is 11.5 Å². The van der Waals surface area contributed by atoms with Crippen LogP contribution in [-0.4, -0.2) is 18.5 Å². The summed E-state index contributed by atoms with van der Waals surface area (Å²) < 4.78 is 10.5. The van der Waals surface area contributed by atoms with E-state index < -0.39 is 0 Å². The van der Waals surface area contributed by atoms with Crippen molar-refractivity contribution in [3.63, 3.8) is 0 Å². The van der Waals surface area contributed by atoms with Gasteiger partial charge in [-0.15, -0.1) is 0 Å². The highest BCUT2D eigenvalue weighted by Gasteiger charge is 2.20. The molecule has 84 valence electrons. The molecular weight excluding hydrogens is 208 g/mol. The van der Waals surface area contributed by atoms with Gasteiger partial charge in [0.05, 0.1) is 18.4 Å². The van der Waals surface area contributed by atoms with Crippen molar-refractivity contribution >= 4 is 12.4 Å². The first-order valence-corrected chi connectivity index (χ1v) is 4.86. The Bertz CT molecular complexity index is 474. The van der Waals surface area contributed by atoms with Crippen LogP contribution in [0, 0.1) is 0 Å². The van der Waals surface area contributed by atoms with Crippen LogP contribution in [0.2, 0.25) is 0 Å². The predicted molar refractivity (Wildman–Crippen MR) is 58.5 cm³/mol. The number of carbonyl (C=O) groups is 1. The normalized spacial score (nSPS) is 13.5. The lowest BCUT2D eigenvalue weighted by molar-refractivity contribution is 0.111. The first-order valence-electron chi connectivity index (χ1n) is 4.86. The van der Waals surface area contributed by atoms with Crippen molar-refractivity contribution in [1.82, 2.24) is 0 Å². The van der Waals surface area contributed by atoms with Gasteiger partial charge in [-0.25, -0.2) is 0 Å². The quantitative estimate of drug-likeness (QED) is 0.775. The van der Waals surface area contributed by atoms with E-state index in [4.69, 9.17) is 9.47 Å². The highest BCUT2D eigenvalue weighted by Crippen LogP contribution is 2.37. The third kappa shape index (κ3) is 1.52. The fraction of sp³-hybridized carbons (Fsp3) is 0.250. The van der Waals surface area contributed by atoms with E-state index in [0.717, 1.165) is 16.9 Å². The molecule has 0 fully saturated rings. The number of fused-ring (bicyclic) bond motifs is 1. The van der Waals surface area contributed by atoms with Crippen molar-refractivity contribution < 1.29 is 19.4 Å². The smallest absolute Gasteiger partial charge is 0.157 e. The van der Waals surface area contributed by atoms with E-state index in [1.165, 1.54) is 7.11 Å². The molecule has 0 radical (unpaired) electrons. The summed E-state index contributed by atoms with van der Waals surface area (Å²) in [6, 6.07) is 1.55. The average molecular weight is 220 g/mol. The third-order valence-corrected chi connectivity index (χ3v) is 2.56. The summed E-state index contributed by atoms with van der Waals surface area (Å²) in [4.78, 5) is 10.9. The second-order valence-corrected chi connectivity index (χ2v) is 3.57. The molecule has 1 aromatic carbocycles. The number of carbonyl (C=O) groups excluding carboxylic acids is 1. The Morgan fingerprint density at radius 2 is 2.31 bits per heavy atom. The lowest BCUT2D eigenvalue weighted by Crippen LogP contribution is -2.05. The standard InChI is InChI=1S/C12H12O4/c1-7-3-8-4-11(14)9(5-13)12(15-2)10(8)6-16-7/h3-5,14H,6H2,1-2H3. The summed E-state index contributed by atoms with van der Waals surface area (Å²) in [6.45, 7) is 2.18. The lowest BCUT2D eigenvalue weighted by atomic mass is 10.00. The van der Waals surface area contributed by atoms with Crippen LogP contribution in [0.15, 0.2) is 11.8 Å². The van der Waals surface area contributed by atoms with Crippen LogP contribution in [0.1, 0.15) is 28.4 Å². The number of hydrogen-bond donors (Lipinski definition) is 1. The molecule has 0 bridgehead atoms. The SMILES string of the molecule is COc1c(C=O)c(O)cc2c1COC(C)=C2. The van der Waals surface area contributed by atoms with Gasteiger partial charge in [-0.1, -0.05) is 0 Å². The first kappa shape index (κ1) is 10.5. The van der Waals surface area contributed by atoms with Crippen LogP contribution in [0.5, 0.6) is 11.5 Å². The van der Waals surface area contributed by atoms with Crippen LogP contribution in [-0.2, 0) is 11.3 Å². The summed E-state index contributed by atoms with van der Waals surface area (Å²) in [5, 5.41) is 9.68. The Kier molecular flexibility index (Phi) is 2.56. The fourth-order valence-corrected chi connectivity index (χ4v) is 1.79. The molecule has 1 aliphatic heterocycles. The van der Waals surface area contributed by atoms with Crippen molar-refractivity contribution in [1.29, 1.82) is 0 Å². The molecule has 16 heavy (non-hydrogen) atoms. The molecule has 0 atom stereocenters. The van der Waals surface area contributed by atoms with E-state index in [0.29, 0.717) is 18.6 Å². The van der Waals surface area contributed by atoms with Gasteiger partial charge >= 0.3 is 0 Å². The molecule has 0 saturated carbocycles. The fourth-order valence-electron chi connectivity index (χ4n) is 1.79. The van der Waals surface area contributed by atoms with Gasteiger partial charge in [-0.2, -0.15) is 0 Å². The maximum absolute atomic E-state index is 10.9. The number of hydrogen-bond acceptors (Lipinski definition) is 4. The Labute approximate surface area is 93.1 Å². The summed E-state index contributed by atoms with van der Waals surface area (Å²) in [6.07, 6.45) is 2.38. The third-order valence-electron chi connectivity index (χ3n) is 2.56. The number of phenols is 1. The Morgan fingerprint density at radius 3 is 2.94 bits per heavy atom. The number of allylic oxidation sites excluding steroid dienone is 1. The number of phenolic OH excluding ortho intramolecular Hbond substituents is 1. The number of aldehydes is 1. The minimum Gasteiger partial charge on any atom is -0.507 e. The number of methoxy groups -OCH3 is 1. The molecule has 1 heterocycles. The van der Waals surface area contributed by atoms with E-state index >= 15 is 0 Å². The second-order valence-electron chi connectivity index (χ2n) is 3.57. The molecule has 0 spiro atoms. The van der Waals surface area contributed by atoms with Gasteiger partial charge in [0, 0.05) is 5.56 Å². The van der Waals surface area contributed by atoms with Crippen molar-refractivity contribution in [2.75, 3.05) is 7.11 Å². The molecule has 0 unspecified atom stereocenters. The van der Waals surface area contributed by atoms with Gasteiger partial charge in [0.15, 0.2) is 6.29 Å². The van der Waals surface area contributed by atoms with Crippen LogP contribution in [0.25, 0.3) is 6.08 Å². The number of aromatic hydroxyl groups is 1. The highest BCUT2D eigenvalue weighted by molar-refractivity contribution is 5.86. The molecule has 4 heteroatoms. The monoisotopic (exact) mass is 220 g/mol. The first-order chi connectivity index (χ1) is 7.67. The van der Waals surface area contributed by atoms with E-state index in [9.17, 15) is 9.90 Å². The maximum atomic E-state index is 10.9. The van der Waals surface area contributed by atoms with Crippen LogP contribution < -0.4 is 4.74 Å². The average Bonchev–Trinajstić information content (AvgIpc) is 2.26. The minimum absolute atomic E-state index is 0.0726. The summed E-state index contributed by atoms with van der Waals surface area (Å²) >= 11 is 0. The van der Waals surface area contributed by atoms with Crippen molar-refractivity contribution in [2.45, 2.75) is 13.5 Å². The molecule has 2 rings (SSSR count). The lowest BCUT2D eigenvalue weighted by Gasteiger charge is -2.20. The molecule has 1 aliphatic rings. The summed E-state index contributed by atoms with van der Waals surface area (Å²) in [7, 11) is 1.47. The zero-order valence-electron chi connectivity index (χ0n) is 9.11. The van der Waals surface area contributed by atoms with Gasteiger partial charge < -0.3 is 14.6 Å². The van der Waals surface area contributed by atoms with Gasteiger partial charge in [-0.3, -0.25) is 4.79 Å². The van der Waals surface area contributed by atoms with E-state index in [-0.39, 0.29) is 11.3 Å². The van der Waals surface area contributed by atoms with Gasteiger partial charge in [-0.05, 0) is 24.6 Å². The van der Waals surface area contributed by atoms with E-state index in [2.05, 4.69) is 0 Å². The van der Waals surface area contributed by atoms with Crippen molar-refractivity contribution in [2.24, 2.45) is 0 Å². The number of benzene rings is 1. The van der Waals surface area contributed by atoms with Gasteiger partial charge in [0.25, 0.3) is 0 Å². The van der Waals surface area contributed by atoms with E-state index in [1.54, 1.807) is 12.1 Å². The van der Waals surface area contributed by atoms with Gasteiger partial charge in [0.1, 0.15) is 18.1 Å². The molecule has 1 aromatic rings. The minimum atomic E-state index is -0.0726. The molecular formula is C12H12O4. The highest BCUT2D eigenvalue weighted by atomic mass is 16.5. The molecule has 0 amide bonds. The number of rotatable bonds is 2. The van der Waals surface area contributed by atoms with Gasteiger partial charge in [0.2, 0.25) is 0 Å². The Hall–Kier alpha value is -1.97. The largest absolute Gasteiger partial charge is 0.507 e. The zero-order chi connectivity index (χ0) is 11.7. The Morgan fingerprint density at radius 1 is 1.56 bits per heavy atom.